The largest absolute Gasteiger partial charge is 0.308 e. The van der Waals surface area contributed by atoms with E-state index in [0.717, 1.165) is 11.6 Å². The zero-order chi connectivity index (χ0) is 15.5. The van der Waals surface area contributed by atoms with Gasteiger partial charge in [0.05, 0.1) is 0 Å². The van der Waals surface area contributed by atoms with Crippen LogP contribution in [0.3, 0.4) is 0 Å². The molecule has 1 aromatic heterocycles. The van der Waals surface area contributed by atoms with Crippen LogP contribution in [0.2, 0.25) is 5.02 Å². The van der Waals surface area contributed by atoms with E-state index in [9.17, 15) is 0 Å². The van der Waals surface area contributed by atoms with E-state index in [0.29, 0.717) is 0 Å². The van der Waals surface area contributed by atoms with Crippen LogP contribution in [0.25, 0.3) is 16.5 Å². The number of hydrogen-bond acceptors (Lipinski definition) is 2. The van der Waals surface area contributed by atoms with Gasteiger partial charge in [-0.15, -0.1) is 11.3 Å². The first-order chi connectivity index (χ1) is 9.83. The molecule has 21 heavy (non-hydrogen) atoms. The molecule has 0 aliphatic heterocycles. The summed E-state index contributed by atoms with van der Waals surface area (Å²) in [5.41, 5.74) is 2.67. The summed E-state index contributed by atoms with van der Waals surface area (Å²) in [5, 5.41) is 4.29. The van der Waals surface area contributed by atoms with E-state index in [1.165, 1.54) is 20.9 Å². The Labute approximate surface area is 136 Å². The smallest absolute Gasteiger partial charge is 0.0412 e. The van der Waals surface area contributed by atoms with Crippen molar-refractivity contribution in [2.45, 2.75) is 33.2 Å². The third kappa shape index (κ3) is 5.31. The van der Waals surface area contributed by atoms with Crippen molar-refractivity contribution >= 4 is 29.0 Å². The fourth-order valence-electron chi connectivity index (χ4n) is 1.93. The van der Waals surface area contributed by atoms with Crippen LogP contribution in [0.4, 0.5) is 0 Å². The summed E-state index contributed by atoms with van der Waals surface area (Å²) in [6.07, 6.45) is 2.25. The summed E-state index contributed by atoms with van der Waals surface area (Å²) in [4.78, 5) is 2.53. The molecule has 0 unspecified atom stereocenters. The molecule has 112 valence electrons. The van der Waals surface area contributed by atoms with Crippen molar-refractivity contribution in [1.82, 2.24) is 5.32 Å². The van der Waals surface area contributed by atoms with Crippen LogP contribution in [-0.2, 0) is 0 Å². The van der Waals surface area contributed by atoms with Gasteiger partial charge in [-0.25, -0.2) is 0 Å². The van der Waals surface area contributed by atoms with Gasteiger partial charge in [0.2, 0.25) is 0 Å². The van der Waals surface area contributed by atoms with Crippen LogP contribution in [0.5, 0.6) is 0 Å². The second-order valence-electron chi connectivity index (χ2n) is 6.31. The number of rotatable bonds is 4. The van der Waals surface area contributed by atoms with Gasteiger partial charge in [-0.2, -0.15) is 0 Å². The van der Waals surface area contributed by atoms with Crippen LogP contribution < -0.4 is 5.32 Å². The van der Waals surface area contributed by atoms with Gasteiger partial charge in [0, 0.05) is 26.9 Å². The van der Waals surface area contributed by atoms with Crippen molar-refractivity contribution < 1.29 is 0 Å². The Morgan fingerprint density at radius 2 is 2.00 bits per heavy atom. The van der Waals surface area contributed by atoms with Crippen LogP contribution in [-0.4, -0.2) is 12.1 Å². The molecule has 0 saturated heterocycles. The minimum atomic E-state index is 0.149. The average molecular weight is 320 g/mol. The molecule has 0 fully saturated rings. The van der Waals surface area contributed by atoms with Crippen molar-refractivity contribution in [3.63, 3.8) is 0 Å². The molecular weight excluding hydrogens is 298 g/mol. The van der Waals surface area contributed by atoms with Gasteiger partial charge in [-0.1, -0.05) is 29.3 Å². The maximum absolute atomic E-state index is 6.05. The molecule has 2 rings (SSSR count). The van der Waals surface area contributed by atoms with Gasteiger partial charge in [0.25, 0.3) is 0 Å². The first-order valence-electron chi connectivity index (χ1n) is 7.11. The number of halogens is 1. The first kappa shape index (κ1) is 16.3. The standard InChI is InChI=1S/C18H22ClNS/c1-13(12-20-18(2,3)4)10-16-8-9-17(21-16)14-6-5-7-15(19)11-14/h5-11,20H,12H2,1-4H3. The quantitative estimate of drug-likeness (QED) is 0.744. The summed E-state index contributed by atoms with van der Waals surface area (Å²) in [6.45, 7) is 9.62. The molecule has 3 heteroatoms. The fraction of sp³-hybridized carbons (Fsp3) is 0.333. The molecule has 0 atom stereocenters. The predicted octanol–water partition coefficient (Wildman–Crippen LogP) is 5.86. The Kier molecular flexibility index (Phi) is 5.26. The highest BCUT2D eigenvalue weighted by atomic mass is 35.5. The topological polar surface area (TPSA) is 12.0 Å². The molecule has 0 aliphatic carbocycles. The molecule has 0 amide bonds. The van der Waals surface area contributed by atoms with Crippen molar-refractivity contribution in [3.05, 3.63) is 51.9 Å². The summed E-state index contributed by atoms with van der Waals surface area (Å²) >= 11 is 7.85. The lowest BCUT2D eigenvalue weighted by Gasteiger charge is -2.20. The maximum atomic E-state index is 6.05. The number of thiophene rings is 1. The van der Waals surface area contributed by atoms with E-state index in [-0.39, 0.29) is 5.54 Å². The van der Waals surface area contributed by atoms with E-state index in [1.54, 1.807) is 11.3 Å². The van der Waals surface area contributed by atoms with Crippen molar-refractivity contribution in [3.8, 4) is 10.4 Å². The minimum Gasteiger partial charge on any atom is -0.308 e. The Morgan fingerprint density at radius 1 is 1.24 bits per heavy atom. The third-order valence-corrected chi connectivity index (χ3v) is 4.34. The SMILES string of the molecule is CC(=Cc1ccc(-c2cccc(Cl)c2)s1)CNC(C)(C)C. The summed E-state index contributed by atoms with van der Waals surface area (Å²) < 4.78 is 0. The van der Waals surface area contributed by atoms with E-state index in [4.69, 9.17) is 11.6 Å². The van der Waals surface area contributed by atoms with E-state index >= 15 is 0 Å². The number of hydrogen-bond donors (Lipinski definition) is 1. The third-order valence-electron chi connectivity index (χ3n) is 3.02. The Hall–Kier alpha value is -1.09. The normalized spacial score (nSPS) is 12.7. The molecule has 0 radical (unpaired) electrons. The average Bonchev–Trinajstić information content (AvgIpc) is 2.84. The summed E-state index contributed by atoms with van der Waals surface area (Å²) in [6, 6.07) is 12.3. The van der Waals surface area contributed by atoms with E-state index < -0.39 is 0 Å². The molecular formula is C18H22ClNS. The van der Waals surface area contributed by atoms with Gasteiger partial charge >= 0.3 is 0 Å². The zero-order valence-electron chi connectivity index (χ0n) is 13.0. The van der Waals surface area contributed by atoms with Crippen LogP contribution >= 0.6 is 22.9 Å². The second kappa shape index (κ2) is 6.78. The Morgan fingerprint density at radius 3 is 2.67 bits per heavy atom. The van der Waals surface area contributed by atoms with Crippen molar-refractivity contribution in [2.24, 2.45) is 0 Å². The highest BCUT2D eigenvalue weighted by Gasteiger charge is 2.08. The molecule has 1 nitrogen and oxygen atoms in total. The first-order valence-corrected chi connectivity index (χ1v) is 8.31. The van der Waals surface area contributed by atoms with Crippen molar-refractivity contribution in [2.75, 3.05) is 6.54 Å². The molecule has 0 bridgehead atoms. The summed E-state index contributed by atoms with van der Waals surface area (Å²) in [5.74, 6) is 0. The van der Waals surface area contributed by atoms with E-state index in [2.05, 4.69) is 57.3 Å². The predicted molar refractivity (Wildman–Crippen MR) is 96.2 cm³/mol. The number of nitrogens with one attached hydrogen (secondary N) is 1. The lowest BCUT2D eigenvalue weighted by atomic mass is 10.1. The zero-order valence-corrected chi connectivity index (χ0v) is 14.6. The van der Waals surface area contributed by atoms with Gasteiger partial charge < -0.3 is 5.32 Å². The molecule has 1 heterocycles. The summed E-state index contributed by atoms with van der Waals surface area (Å²) in [7, 11) is 0. The van der Waals surface area contributed by atoms with Gasteiger partial charge in [-0.05, 0) is 63.6 Å². The Bertz CT molecular complexity index is 635. The van der Waals surface area contributed by atoms with Crippen LogP contribution in [0, 0.1) is 0 Å². The monoisotopic (exact) mass is 319 g/mol. The van der Waals surface area contributed by atoms with Gasteiger partial charge in [0.1, 0.15) is 0 Å². The molecule has 1 N–H and O–H groups in total. The molecule has 2 aromatic rings. The Balaban J connectivity index is 2.09. The molecule has 1 aromatic carbocycles. The lowest BCUT2D eigenvalue weighted by Crippen LogP contribution is -2.36. The second-order valence-corrected chi connectivity index (χ2v) is 7.86. The van der Waals surface area contributed by atoms with Crippen molar-refractivity contribution in [1.29, 1.82) is 0 Å². The molecule has 0 spiro atoms. The highest BCUT2D eigenvalue weighted by molar-refractivity contribution is 7.16. The molecule has 0 aliphatic rings. The van der Waals surface area contributed by atoms with Crippen LogP contribution in [0.1, 0.15) is 32.6 Å². The van der Waals surface area contributed by atoms with Gasteiger partial charge in [-0.3, -0.25) is 0 Å². The maximum Gasteiger partial charge on any atom is 0.0412 e. The highest BCUT2D eigenvalue weighted by Crippen LogP contribution is 2.30. The number of benzene rings is 1. The lowest BCUT2D eigenvalue weighted by molar-refractivity contribution is 0.445. The molecule has 0 saturated carbocycles. The van der Waals surface area contributed by atoms with Gasteiger partial charge in [0.15, 0.2) is 0 Å². The van der Waals surface area contributed by atoms with Crippen LogP contribution in [0.15, 0.2) is 42.0 Å². The van der Waals surface area contributed by atoms with E-state index in [1.807, 2.05) is 18.2 Å². The fourth-order valence-corrected chi connectivity index (χ4v) is 3.15. The minimum absolute atomic E-state index is 0.149.